The normalized spacial score (nSPS) is 14.5. The van der Waals surface area contributed by atoms with E-state index in [4.69, 9.17) is 9.15 Å². The van der Waals surface area contributed by atoms with E-state index in [0.29, 0.717) is 42.8 Å². The van der Waals surface area contributed by atoms with Gasteiger partial charge in [-0.15, -0.1) is 0 Å². The number of hydrogen-bond acceptors (Lipinski definition) is 7. The van der Waals surface area contributed by atoms with Crippen LogP contribution in [0, 0.1) is 29.9 Å². The van der Waals surface area contributed by atoms with Crippen molar-refractivity contribution >= 4 is 28.3 Å². The van der Waals surface area contributed by atoms with Gasteiger partial charge in [0.25, 0.3) is 5.69 Å². The third-order valence-corrected chi connectivity index (χ3v) is 6.06. The van der Waals surface area contributed by atoms with Crippen molar-refractivity contribution in [3.8, 4) is 0 Å². The first-order valence-electron chi connectivity index (χ1n) is 10.5. The van der Waals surface area contributed by atoms with Gasteiger partial charge >= 0.3 is 11.6 Å². The topological polar surface area (TPSA) is 103 Å². The highest BCUT2D eigenvalue weighted by atomic mass is 16.6. The van der Waals surface area contributed by atoms with E-state index in [1.54, 1.807) is 18.2 Å². The Bertz CT molecular complexity index is 1240. The van der Waals surface area contributed by atoms with Gasteiger partial charge in [-0.25, -0.2) is 4.79 Å². The standard InChI is InChI=1S/C24H24N2O6/c1-15-11-19-18(13-23(27)32-22(19)12-16(15)2)14-31-24(28)17-7-9-25(10-8-17)20-5-3-4-6-21(20)26(29)30/h3-6,11-13,17H,7-10,14H2,1-2H3. The van der Waals surface area contributed by atoms with Crippen molar-refractivity contribution in [1.82, 2.24) is 0 Å². The van der Waals surface area contributed by atoms with Gasteiger partial charge in [-0.1, -0.05) is 12.1 Å². The molecule has 32 heavy (non-hydrogen) atoms. The highest BCUT2D eigenvalue weighted by molar-refractivity contribution is 5.82. The Morgan fingerprint density at radius 1 is 1.16 bits per heavy atom. The largest absolute Gasteiger partial charge is 0.461 e. The fourth-order valence-corrected chi connectivity index (χ4v) is 4.11. The minimum Gasteiger partial charge on any atom is -0.461 e. The Kier molecular flexibility index (Phi) is 5.94. The Hall–Kier alpha value is -3.68. The number of hydrogen-bond donors (Lipinski definition) is 0. The lowest BCUT2D eigenvalue weighted by Gasteiger charge is -2.32. The van der Waals surface area contributed by atoms with E-state index in [-0.39, 0.29) is 29.1 Å². The third-order valence-electron chi connectivity index (χ3n) is 6.06. The van der Waals surface area contributed by atoms with Crippen molar-refractivity contribution in [3.63, 3.8) is 0 Å². The first-order valence-corrected chi connectivity index (χ1v) is 10.5. The average Bonchev–Trinajstić information content (AvgIpc) is 2.78. The molecule has 0 amide bonds. The lowest BCUT2D eigenvalue weighted by atomic mass is 9.96. The summed E-state index contributed by atoms with van der Waals surface area (Å²) < 4.78 is 10.8. The van der Waals surface area contributed by atoms with E-state index < -0.39 is 5.63 Å². The molecule has 1 fully saturated rings. The van der Waals surface area contributed by atoms with Gasteiger partial charge in [0.1, 0.15) is 17.9 Å². The maximum Gasteiger partial charge on any atom is 0.336 e. The summed E-state index contributed by atoms with van der Waals surface area (Å²) in [7, 11) is 0. The number of esters is 1. The quantitative estimate of drug-likeness (QED) is 0.255. The van der Waals surface area contributed by atoms with Crippen LogP contribution in [0.1, 0.15) is 29.5 Å². The first kappa shape index (κ1) is 21.5. The average molecular weight is 436 g/mol. The van der Waals surface area contributed by atoms with E-state index in [1.165, 1.54) is 12.1 Å². The molecule has 8 nitrogen and oxygen atoms in total. The third kappa shape index (κ3) is 4.34. The van der Waals surface area contributed by atoms with Gasteiger partial charge < -0.3 is 14.1 Å². The lowest BCUT2D eigenvalue weighted by molar-refractivity contribution is -0.384. The summed E-state index contributed by atoms with van der Waals surface area (Å²) in [4.78, 5) is 37.4. The number of ether oxygens (including phenoxy) is 1. The second kappa shape index (κ2) is 8.82. The predicted octanol–water partition coefficient (Wildman–Crippen LogP) is 4.28. The fraction of sp³-hybridized carbons (Fsp3) is 0.333. The van der Waals surface area contributed by atoms with Gasteiger partial charge in [-0.2, -0.15) is 0 Å². The van der Waals surface area contributed by atoms with Gasteiger partial charge in [-0.3, -0.25) is 14.9 Å². The summed E-state index contributed by atoms with van der Waals surface area (Å²) >= 11 is 0. The number of nitro benzene ring substituents is 1. The molecule has 0 saturated carbocycles. The molecule has 166 valence electrons. The summed E-state index contributed by atoms with van der Waals surface area (Å²) in [6, 6.07) is 11.7. The molecule has 1 aliphatic rings. The van der Waals surface area contributed by atoms with E-state index in [9.17, 15) is 19.7 Å². The SMILES string of the molecule is Cc1cc2oc(=O)cc(COC(=O)C3CCN(c4ccccc4[N+](=O)[O-])CC3)c2cc1C. The summed E-state index contributed by atoms with van der Waals surface area (Å²) in [6.45, 7) is 4.97. The van der Waals surface area contributed by atoms with E-state index in [0.717, 1.165) is 16.5 Å². The van der Waals surface area contributed by atoms with Crippen molar-refractivity contribution in [2.75, 3.05) is 18.0 Å². The van der Waals surface area contributed by atoms with Crippen LogP contribution in [0.5, 0.6) is 0 Å². The molecular formula is C24H24N2O6. The Labute approximate surface area is 184 Å². The lowest BCUT2D eigenvalue weighted by Crippen LogP contribution is -2.37. The van der Waals surface area contributed by atoms with E-state index >= 15 is 0 Å². The molecule has 2 aromatic carbocycles. The van der Waals surface area contributed by atoms with Crippen molar-refractivity contribution in [2.24, 2.45) is 5.92 Å². The molecule has 0 atom stereocenters. The van der Waals surface area contributed by atoms with Crippen molar-refractivity contribution in [1.29, 1.82) is 0 Å². The second-order valence-corrected chi connectivity index (χ2v) is 8.14. The first-order chi connectivity index (χ1) is 15.3. The number of nitrogens with zero attached hydrogens (tertiary/aromatic N) is 2. The van der Waals surface area contributed by atoms with Crippen LogP contribution >= 0.6 is 0 Å². The van der Waals surface area contributed by atoms with Crippen molar-refractivity contribution in [3.05, 3.63) is 79.7 Å². The maximum absolute atomic E-state index is 12.7. The molecule has 0 radical (unpaired) electrons. The van der Waals surface area contributed by atoms with Crippen LogP contribution < -0.4 is 10.5 Å². The number of nitro groups is 1. The van der Waals surface area contributed by atoms with Crippen LogP contribution in [0.3, 0.4) is 0 Å². The number of fused-ring (bicyclic) bond motifs is 1. The zero-order chi connectivity index (χ0) is 22.8. The molecule has 1 aromatic heterocycles. The molecule has 0 bridgehead atoms. The molecule has 0 unspecified atom stereocenters. The summed E-state index contributed by atoms with van der Waals surface area (Å²) in [5.74, 6) is -0.609. The monoisotopic (exact) mass is 436 g/mol. The molecule has 2 heterocycles. The molecule has 3 aromatic rings. The maximum atomic E-state index is 12.7. The summed E-state index contributed by atoms with van der Waals surface area (Å²) in [6.07, 6.45) is 1.09. The molecule has 4 rings (SSSR count). The number of carbonyl (C=O) groups is 1. The van der Waals surface area contributed by atoms with Gasteiger partial charge in [0.05, 0.1) is 10.8 Å². The zero-order valence-electron chi connectivity index (χ0n) is 18.0. The predicted molar refractivity (Wildman–Crippen MR) is 120 cm³/mol. The number of para-hydroxylation sites is 2. The van der Waals surface area contributed by atoms with Crippen molar-refractivity contribution < 1.29 is 18.9 Å². The number of carbonyl (C=O) groups excluding carboxylic acids is 1. The number of rotatable bonds is 5. The van der Waals surface area contributed by atoms with Crippen LogP contribution in [0.25, 0.3) is 11.0 Å². The van der Waals surface area contributed by atoms with Crippen LogP contribution in [-0.4, -0.2) is 24.0 Å². The van der Waals surface area contributed by atoms with E-state index in [1.807, 2.05) is 30.9 Å². The van der Waals surface area contributed by atoms with Gasteiger partial charge in [-0.05, 0) is 56.0 Å². The smallest absolute Gasteiger partial charge is 0.336 e. The minimum atomic E-state index is -0.482. The van der Waals surface area contributed by atoms with Crippen LogP contribution in [-0.2, 0) is 16.1 Å². The number of anilines is 1. The van der Waals surface area contributed by atoms with Crippen LogP contribution in [0.15, 0.2) is 51.7 Å². The van der Waals surface area contributed by atoms with Crippen LogP contribution in [0.2, 0.25) is 0 Å². The summed E-state index contributed by atoms with van der Waals surface area (Å²) in [5, 5.41) is 12.0. The molecular weight excluding hydrogens is 412 g/mol. The van der Waals surface area contributed by atoms with Gasteiger partial charge in [0, 0.05) is 36.2 Å². The number of aryl methyl sites for hydroxylation is 2. The molecule has 0 N–H and O–H groups in total. The molecule has 1 saturated heterocycles. The van der Waals surface area contributed by atoms with Crippen molar-refractivity contribution in [2.45, 2.75) is 33.3 Å². The van der Waals surface area contributed by atoms with E-state index in [2.05, 4.69) is 0 Å². The zero-order valence-corrected chi connectivity index (χ0v) is 18.0. The summed E-state index contributed by atoms with van der Waals surface area (Å²) in [5.41, 5.74) is 3.31. The molecule has 8 heteroatoms. The Balaban J connectivity index is 1.42. The van der Waals surface area contributed by atoms with Gasteiger partial charge in [0.15, 0.2) is 0 Å². The minimum absolute atomic E-state index is 0.00615. The van der Waals surface area contributed by atoms with Gasteiger partial charge in [0.2, 0.25) is 0 Å². The number of piperidine rings is 1. The van der Waals surface area contributed by atoms with Crippen LogP contribution in [0.4, 0.5) is 11.4 Å². The highest BCUT2D eigenvalue weighted by Gasteiger charge is 2.29. The Morgan fingerprint density at radius 2 is 1.84 bits per heavy atom. The second-order valence-electron chi connectivity index (χ2n) is 8.14. The Morgan fingerprint density at radius 3 is 2.56 bits per heavy atom. The highest BCUT2D eigenvalue weighted by Crippen LogP contribution is 2.31. The molecule has 0 spiro atoms. The number of benzene rings is 2. The molecule has 1 aliphatic heterocycles. The molecule has 0 aliphatic carbocycles. The fourth-order valence-electron chi connectivity index (χ4n) is 4.11.